The monoisotopic (exact) mass is 475 g/mol. The summed E-state index contributed by atoms with van der Waals surface area (Å²) in [6.07, 6.45) is 9.74. The molecule has 2 aliphatic rings. The molecule has 4 heterocycles. The standard InChI is InChI=1S/C25H29N7O3/c1-26-22-11-18(29-24-15(12-28-32(22)24)25(34)30-17-8-9-20(17)33)16-13-31(19-6-3-7-21(19)35-2)23-14(16)5-4-10-27-23/h4-5,10-13,17,19-21,26,33H,3,6-9H2,1-2H3,(H,30,34)/t17-,19+,20+,21+/m1/s1. The van der Waals surface area contributed by atoms with E-state index >= 15 is 0 Å². The number of aliphatic hydroxyl groups is 1. The van der Waals surface area contributed by atoms with Crippen molar-refractivity contribution in [2.75, 3.05) is 19.5 Å². The van der Waals surface area contributed by atoms with Crippen LogP contribution in [0.1, 0.15) is 48.5 Å². The van der Waals surface area contributed by atoms with Crippen LogP contribution in [0.5, 0.6) is 0 Å². The number of anilines is 1. The molecule has 0 unspecified atom stereocenters. The summed E-state index contributed by atoms with van der Waals surface area (Å²) in [6, 6.07) is 5.90. The summed E-state index contributed by atoms with van der Waals surface area (Å²) >= 11 is 0. The van der Waals surface area contributed by atoms with Gasteiger partial charge in [0.15, 0.2) is 5.65 Å². The SMILES string of the molecule is CNc1cc(-c2cn([C@H]3CCC[C@@H]3OC)c3ncccc23)nc2c(C(=O)N[C@@H]3CC[C@@H]3O)cnn12. The third-order valence-corrected chi connectivity index (χ3v) is 7.47. The zero-order valence-electron chi connectivity index (χ0n) is 19.8. The van der Waals surface area contributed by atoms with Crippen LogP contribution < -0.4 is 10.6 Å². The van der Waals surface area contributed by atoms with Crippen molar-refractivity contribution in [1.29, 1.82) is 0 Å². The Bertz CT molecular complexity index is 1410. The molecule has 4 aromatic heterocycles. The minimum absolute atomic E-state index is 0.149. The molecular formula is C25H29N7O3. The van der Waals surface area contributed by atoms with Gasteiger partial charge in [-0.25, -0.2) is 9.97 Å². The highest BCUT2D eigenvalue weighted by atomic mass is 16.5. The van der Waals surface area contributed by atoms with E-state index in [1.54, 1.807) is 11.6 Å². The van der Waals surface area contributed by atoms with Crippen LogP contribution in [-0.2, 0) is 4.74 Å². The number of ether oxygens (including phenoxy) is 1. The lowest BCUT2D eigenvalue weighted by atomic mass is 9.89. The van der Waals surface area contributed by atoms with Gasteiger partial charge in [0.05, 0.1) is 36.2 Å². The van der Waals surface area contributed by atoms with Gasteiger partial charge in [0.25, 0.3) is 5.91 Å². The van der Waals surface area contributed by atoms with Crippen LogP contribution in [0.4, 0.5) is 5.82 Å². The normalized spacial score (nSPS) is 24.1. The minimum Gasteiger partial charge on any atom is -0.391 e. The number of carbonyl (C=O) groups excluding carboxylic acids is 1. The van der Waals surface area contributed by atoms with Crippen LogP contribution in [0.3, 0.4) is 0 Å². The lowest BCUT2D eigenvalue weighted by Gasteiger charge is -2.32. The highest BCUT2D eigenvalue weighted by Crippen LogP contribution is 2.38. The van der Waals surface area contributed by atoms with Crippen molar-refractivity contribution in [1.82, 2.24) is 29.5 Å². The molecule has 2 fully saturated rings. The van der Waals surface area contributed by atoms with Gasteiger partial charge < -0.3 is 25.0 Å². The summed E-state index contributed by atoms with van der Waals surface area (Å²) in [6.45, 7) is 0. The Kier molecular flexibility index (Phi) is 5.42. The second kappa shape index (κ2) is 8.62. The fourth-order valence-electron chi connectivity index (χ4n) is 5.38. The third-order valence-electron chi connectivity index (χ3n) is 7.47. The molecule has 0 saturated heterocycles. The molecule has 2 saturated carbocycles. The number of fused-ring (bicyclic) bond motifs is 2. The zero-order chi connectivity index (χ0) is 24.1. The Balaban J connectivity index is 1.47. The van der Waals surface area contributed by atoms with Crippen molar-refractivity contribution in [3.63, 3.8) is 0 Å². The first-order valence-corrected chi connectivity index (χ1v) is 12.1. The summed E-state index contributed by atoms with van der Waals surface area (Å²) in [5, 5.41) is 21.4. The van der Waals surface area contributed by atoms with E-state index in [9.17, 15) is 9.90 Å². The molecule has 182 valence electrons. The maximum atomic E-state index is 13.0. The van der Waals surface area contributed by atoms with Gasteiger partial charge in [-0.15, -0.1) is 0 Å². The molecule has 10 heteroatoms. The zero-order valence-corrected chi connectivity index (χ0v) is 19.8. The molecule has 4 aromatic rings. The maximum Gasteiger partial charge on any atom is 0.257 e. The van der Waals surface area contributed by atoms with Crippen LogP contribution in [0, 0.1) is 0 Å². The number of nitrogens with one attached hydrogen (secondary N) is 2. The van der Waals surface area contributed by atoms with Gasteiger partial charge in [-0.1, -0.05) is 0 Å². The van der Waals surface area contributed by atoms with Crippen molar-refractivity contribution in [3.8, 4) is 11.3 Å². The van der Waals surface area contributed by atoms with E-state index in [-0.39, 0.29) is 24.1 Å². The van der Waals surface area contributed by atoms with Crippen molar-refractivity contribution >= 4 is 28.4 Å². The van der Waals surface area contributed by atoms with E-state index in [1.165, 1.54) is 6.20 Å². The third kappa shape index (κ3) is 3.55. The predicted octanol–water partition coefficient (Wildman–Crippen LogP) is 2.78. The number of nitrogens with zero attached hydrogens (tertiary/aromatic N) is 5. The summed E-state index contributed by atoms with van der Waals surface area (Å²) in [5.41, 5.74) is 3.40. The number of aromatic nitrogens is 5. The Hall–Kier alpha value is -3.50. The molecule has 0 spiro atoms. The summed E-state index contributed by atoms with van der Waals surface area (Å²) in [5.74, 6) is 0.432. The first-order valence-electron chi connectivity index (χ1n) is 12.1. The number of pyridine rings is 1. The molecule has 0 bridgehead atoms. The van der Waals surface area contributed by atoms with Crippen LogP contribution >= 0.6 is 0 Å². The Morgan fingerprint density at radius 1 is 1.23 bits per heavy atom. The van der Waals surface area contributed by atoms with Gasteiger partial charge in [0, 0.05) is 43.6 Å². The Labute approximate surface area is 202 Å². The van der Waals surface area contributed by atoms with Gasteiger partial charge in [0.1, 0.15) is 17.0 Å². The fourth-order valence-corrected chi connectivity index (χ4v) is 5.38. The van der Waals surface area contributed by atoms with Crippen LogP contribution in [0.2, 0.25) is 0 Å². The molecule has 4 atom stereocenters. The Morgan fingerprint density at radius 2 is 2.11 bits per heavy atom. The largest absolute Gasteiger partial charge is 0.391 e. The molecule has 35 heavy (non-hydrogen) atoms. The van der Waals surface area contributed by atoms with E-state index in [1.807, 2.05) is 25.4 Å². The van der Waals surface area contributed by atoms with E-state index in [2.05, 4.69) is 32.6 Å². The van der Waals surface area contributed by atoms with Crippen molar-refractivity contribution in [2.24, 2.45) is 0 Å². The molecule has 0 radical (unpaired) electrons. The van der Waals surface area contributed by atoms with Crippen LogP contribution in [0.15, 0.2) is 36.8 Å². The minimum atomic E-state index is -0.498. The molecule has 0 aliphatic heterocycles. The molecule has 1 amide bonds. The highest BCUT2D eigenvalue weighted by Gasteiger charge is 2.32. The fraction of sp³-hybridized carbons (Fsp3) is 0.440. The second-order valence-electron chi connectivity index (χ2n) is 9.39. The predicted molar refractivity (Wildman–Crippen MR) is 131 cm³/mol. The molecule has 2 aliphatic carbocycles. The number of methoxy groups -OCH3 is 1. The second-order valence-corrected chi connectivity index (χ2v) is 9.39. The quantitative estimate of drug-likeness (QED) is 0.392. The van der Waals surface area contributed by atoms with Gasteiger partial charge >= 0.3 is 0 Å². The van der Waals surface area contributed by atoms with Gasteiger partial charge in [-0.2, -0.15) is 9.61 Å². The molecule has 0 aromatic carbocycles. The number of amides is 1. The first kappa shape index (κ1) is 22.0. The van der Waals surface area contributed by atoms with Crippen LogP contribution in [0.25, 0.3) is 27.9 Å². The van der Waals surface area contributed by atoms with E-state index in [0.717, 1.165) is 48.0 Å². The van der Waals surface area contributed by atoms with E-state index < -0.39 is 6.10 Å². The summed E-state index contributed by atoms with van der Waals surface area (Å²) in [4.78, 5) is 22.6. The summed E-state index contributed by atoms with van der Waals surface area (Å²) < 4.78 is 9.62. The average molecular weight is 476 g/mol. The average Bonchev–Trinajstić information content (AvgIpc) is 3.61. The van der Waals surface area contributed by atoms with Gasteiger partial charge in [-0.3, -0.25) is 4.79 Å². The highest BCUT2D eigenvalue weighted by molar-refractivity contribution is 6.01. The number of aliphatic hydroxyl groups excluding tert-OH is 1. The van der Waals surface area contributed by atoms with Crippen molar-refractivity contribution in [3.05, 3.63) is 42.4 Å². The molecule has 3 N–H and O–H groups in total. The van der Waals surface area contributed by atoms with Gasteiger partial charge in [0.2, 0.25) is 0 Å². The topological polar surface area (TPSA) is 119 Å². The lowest BCUT2D eigenvalue weighted by Crippen LogP contribution is -2.50. The smallest absolute Gasteiger partial charge is 0.257 e. The van der Waals surface area contributed by atoms with E-state index in [4.69, 9.17) is 14.7 Å². The molecule has 6 rings (SSSR count). The van der Waals surface area contributed by atoms with E-state index in [0.29, 0.717) is 23.4 Å². The molecular weight excluding hydrogens is 446 g/mol. The number of rotatable bonds is 6. The van der Waals surface area contributed by atoms with Crippen LogP contribution in [-0.4, -0.2) is 67.6 Å². The first-order chi connectivity index (χ1) is 17.1. The molecule has 10 nitrogen and oxygen atoms in total. The maximum absolute atomic E-state index is 13.0. The summed E-state index contributed by atoms with van der Waals surface area (Å²) in [7, 11) is 3.59. The number of hydrogen-bond acceptors (Lipinski definition) is 7. The van der Waals surface area contributed by atoms with Crippen molar-refractivity contribution < 1.29 is 14.6 Å². The van der Waals surface area contributed by atoms with Gasteiger partial charge in [-0.05, 0) is 44.2 Å². The Morgan fingerprint density at radius 3 is 2.86 bits per heavy atom. The number of carbonyl (C=O) groups is 1. The lowest BCUT2D eigenvalue weighted by molar-refractivity contribution is 0.0448. The number of hydrogen-bond donors (Lipinski definition) is 3. The van der Waals surface area contributed by atoms with Crippen molar-refractivity contribution in [2.45, 2.75) is 56.4 Å².